The number of nitrogens with one attached hydrogen (secondary N) is 1. The fourth-order valence-electron chi connectivity index (χ4n) is 3.03. The number of thiophene rings is 1. The molecule has 0 spiro atoms. The van der Waals surface area contributed by atoms with E-state index in [1.54, 1.807) is 11.3 Å². The van der Waals surface area contributed by atoms with Crippen molar-refractivity contribution in [1.29, 1.82) is 0 Å². The molecule has 2 aromatic heterocycles. The van der Waals surface area contributed by atoms with E-state index in [0.717, 1.165) is 55.3 Å². The van der Waals surface area contributed by atoms with Crippen LogP contribution in [0.15, 0.2) is 35.5 Å². The SMILES string of the molecule is CCNC(=NCc1ncccc1C)N1CCN(Cc2ccc(Cl)s2)CC1.I. The number of pyridine rings is 1. The van der Waals surface area contributed by atoms with Gasteiger partial charge in [-0.2, -0.15) is 0 Å². The summed E-state index contributed by atoms with van der Waals surface area (Å²) in [6.45, 7) is 10.7. The molecule has 0 saturated carbocycles. The summed E-state index contributed by atoms with van der Waals surface area (Å²) in [5.74, 6) is 0.983. The standard InChI is InChI=1S/C19H26ClN5S.HI/c1-3-21-19(23-13-17-15(2)5-4-8-22-17)25-11-9-24(10-12-25)14-16-6-7-18(20)26-16;/h4-8H,3,9-14H2,1-2H3,(H,21,23);1H. The Balaban J connectivity index is 0.00000261. The van der Waals surface area contributed by atoms with Crippen LogP contribution in [0.25, 0.3) is 0 Å². The molecule has 5 nitrogen and oxygen atoms in total. The Morgan fingerprint density at radius 1 is 1.26 bits per heavy atom. The predicted molar refractivity (Wildman–Crippen MR) is 125 cm³/mol. The molecular weight excluding hydrogens is 493 g/mol. The van der Waals surface area contributed by atoms with Crippen LogP contribution in [0.4, 0.5) is 0 Å². The van der Waals surface area contributed by atoms with Gasteiger partial charge in [-0.15, -0.1) is 35.3 Å². The number of hydrogen-bond donors (Lipinski definition) is 1. The third-order valence-corrected chi connectivity index (χ3v) is 5.73. The Hall–Kier alpha value is -0.900. The van der Waals surface area contributed by atoms with E-state index in [9.17, 15) is 0 Å². The third kappa shape index (κ3) is 6.58. The zero-order valence-corrected chi connectivity index (χ0v) is 19.7. The van der Waals surface area contributed by atoms with Crippen molar-refractivity contribution in [3.63, 3.8) is 0 Å². The molecule has 2 aromatic rings. The largest absolute Gasteiger partial charge is 0.357 e. The first-order valence-corrected chi connectivity index (χ1v) is 10.3. The molecule has 0 radical (unpaired) electrons. The van der Waals surface area contributed by atoms with Gasteiger partial charge in [-0.3, -0.25) is 9.88 Å². The summed E-state index contributed by atoms with van der Waals surface area (Å²) in [6, 6.07) is 8.15. The molecule has 27 heavy (non-hydrogen) atoms. The molecule has 0 atom stereocenters. The van der Waals surface area contributed by atoms with Crippen LogP contribution in [0.5, 0.6) is 0 Å². The number of hydrogen-bond acceptors (Lipinski definition) is 4. The van der Waals surface area contributed by atoms with Crippen LogP contribution >= 0.6 is 46.9 Å². The highest BCUT2D eigenvalue weighted by Gasteiger charge is 2.20. The average molecular weight is 520 g/mol. The maximum Gasteiger partial charge on any atom is 0.194 e. The van der Waals surface area contributed by atoms with Crippen molar-refractivity contribution in [2.24, 2.45) is 4.99 Å². The second kappa shape index (κ2) is 11.2. The summed E-state index contributed by atoms with van der Waals surface area (Å²) >= 11 is 7.71. The van der Waals surface area contributed by atoms with Gasteiger partial charge in [-0.1, -0.05) is 17.7 Å². The molecule has 0 amide bonds. The van der Waals surface area contributed by atoms with Crippen LogP contribution in [0.3, 0.4) is 0 Å². The van der Waals surface area contributed by atoms with Gasteiger partial charge >= 0.3 is 0 Å². The van der Waals surface area contributed by atoms with Gasteiger partial charge in [0.25, 0.3) is 0 Å². The van der Waals surface area contributed by atoms with Crippen molar-refractivity contribution < 1.29 is 0 Å². The Morgan fingerprint density at radius 2 is 2.04 bits per heavy atom. The summed E-state index contributed by atoms with van der Waals surface area (Å²) in [4.78, 5) is 15.4. The molecule has 3 rings (SSSR count). The molecule has 1 fully saturated rings. The van der Waals surface area contributed by atoms with Crippen molar-refractivity contribution >= 4 is 52.9 Å². The number of aryl methyl sites for hydroxylation is 1. The second-order valence-electron chi connectivity index (χ2n) is 6.41. The maximum absolute atomic E-state index is 6.04. The van der Waals surface area contributed by atoms with E-state index in [1.807, 2.05) is 18.3 Å². The van der Waals surface area contributed by atoms with Gasteiger partial charge in [-0.25, -0.2) is 4.99 Å². The highest BCUT2D eigenvalue weighted by atomic mass is 127. The monoisotopic (exact) mass is 519 g/mol. The van der Waals surface area contributed by atoms with E-state index in [-0.39, 0.29) is 24.0 Å². The van der Waals surface area contributed by atoms with Gasteiger partial charge in [0, 0.05) is 50.3 Å². The van der Waals surface area contributed by atoms with E-state index in [2.05, 4.69) is 46.1 Å². The molecule has 3 heterocycles. The fraction of sp³-hybridized carbons (Fsp3) is 0.474. The molecule has 148 valence electrons. The quantitative estimate of drug-likeness (QED) is 0.368. The lowest BCUT2D eigenvalue weighted by atomic mass is 10.2. The van der Waals surface area contributed by atoms with E-state index in [1.165, 1.54) is 10.4 Å². The van der Waals surface area contributed by atoms with Crippen LogP contribution in [0, 0.1) is 6.92 Å². The predicted octanol–water partition coefficient (Wildman–Crippen LogP) is 4.01. The number of aromatic nitrogens is 1. The van der Waals surface area contributed by atoms with Crippen molar-refractivity contribution in [3.8, 4) is 0 Å². The summed E-state index contributed by atoms with van der Waals surface area (Å²) in [5.41, 5.74) is 2.22. The van der Waals surface area contributed by atoms with Gasteiger partial charge in [-0.05, 0) is 37.6 Å². The molecule has 1 aliphatic rings. The van der Waals surface area contributed by atoms with Gasteiger partial charge in [0.1, 0.15) is 0 Å². The summed E-state index contributed by atoms with van der Waals surface area (Å²) in [6.07, 6.45) is 1.83. The van der Waals surface area contributed by atoms with E-state index in [4.69, 9.17) is 16.6 Å². The number of piperazine rings is 1. The lowest BCUT2D eigenvalue weighted by Gasteiger charge is -2.36. The summed E-state index contributed by atoms with van der Waals surface area (Å²) in [5, 5.41) is 3.42. The molecule has 1 aliphatic heterocycles. The van der Waals surface area contributed by atoms with Crippen molar-refractivity contribution in [2.45, 2.75) is 26.9 Å². The topological polar surface area (TPSA) is 43.8 Å². The third-order valence-electron chi connectivity index (χ3n) is 4.51. The normalized spacial score (nSPS) is 15.5. The van der Waals surface area contributed by atoms with Gasteiger partial charge in [0.05, 0.1) is 16.6 Å². The van der Waals surface area contributed by atoms with Crippen molar-refractivity contribution in [3.05, 3.63) is 50.9 Å². The van der Waals surface area contributed by atoms with Gasteiger partial charge in [0.2, 0.25) is 0 Å². The molecule has 0 aliphatic carbocycles. The van der Waals surface area contributed by atoms with Crippen LogP contribution in [-0.2, 0) is 13.1 Å². The van der Waals surface area contributed by atoms with Gasteiger partial charge < -0.3 is 10.2 Å². The van der Waals surface area contributed by atoms with E-state index in [0.29, 0.717) is 6.54 Å². The highest BCUT2D eigenvalue weighted by Crippen LogP contribution is 2.23. The van der Waals surface area contributed by atoms with Gasteiger partial charge in [0.15, 0.2) is 5.96 Å². The molecule has 1 saturated heterocycles. The Kier molecular flexibility index (Phi) is 9.28. The molecular formula is C19H27ClIN5S. The Morgan fingerprint density at radius 3 is 2.67 bits per heavy atom. The summed E-state index contributed by atoms with van der Waals surface area (Å²) in [7, 11) is 0. The van der Waals surface area contributed by atoms with E-state index >= 15 is 0 Å². The van der Waals surface area contributed by atoms with Crippen LogP contribution in [0.1, 0.15) is 23.1 Å². The zero-order valence-electron chi connectivity index (χ0n) is 15.8. The molecule has 1 N–H and O–H groups in total. The van der Waals surface area contributed by atoms with E-state index < -0.39 is 0 Å². The second-order valence-corrected chi connectivity index (χ2v) is 8.21. The fourth-order valence-corrected chi connectivity index (χ4v) is 4.16. The number of halogens is 2. The maximum atomic E-state index is 6.04. The molecule has 0 aromatic carbocycles. The Labute approximate surface area is 187 Å². The minimum absolute atomic E-state index is 0. The Bertz CT molecular complexity index is 743. The minimum Gasteiger partial charge on any atom is -0.357 e. The number of aliphatic imine (C=N–C) groups is 1. The number of rotatable bonds is 5. The molecule has 8 heteroatoms. The number of nitrogens with zero attached hydrogens (tertiary/aromatic N) is 4. The molecule has 0 unspecified atom stereocenters. The summed E-state index contributed by atoms with van der Waals surface area (Å²) < 4.78 is 0.866. The highest BCUT2D eigenvalue weighted by molar-refractivity contribution is 14.0. The van der Waals surface area contributed by atoms with Crippen molar-refractivity contribution in [2.75, 3.05) is 32.7 Å². The average Bonchev–Trinajstić information content (AvgIpc) is 3.05. The first-order valence-electron chi connectivity index (χ1n) is 9.06. The lowest BCUT2D eigenvalue weighted by molar-refractivity contribution is 0.173. The van der Waals surface area contributed by atoms with Crippen molar-refractivity contribution in [1.82, 2.24) is 20.1 Å². The smallest absolute Gasteiger partial charge is 0.194 e. The first kappa shape index (κ1) is 22.4. The molecule has 0 bridgehead atoms. The van der Waals surface area contributed by atoms with Crippen LogP contribution < -0.4 is 5.32 Å². The first-order chi connectivity index (χ1) is 12.7. The number of guanidine groups is 1. The minimum atomic E-state index is 0. The van der Waals surface area contributed by atoms with Crippen LogP contribution in [0.2, 0.25) is 4.34 Å². The lowest BCUT2D eigenvalue weighted by Crippen LogP contribution is -2.52. The zero-order chi connectivity index (χ0) is 18.4. The van der Waals surface area contributed by atoms with Crippen LogP contribution in [-0.4, -0.2) is 53.5 Å².